The molecule has 18 heavy (non-hydrogen) atoms. The van der Waals surface area contributed by atoms with Crippen molar-refractivity contribution in [3.8, 4) is 0 Å². The summed E-state index contributed by atoms with van der Waals surface area (Å²) in [5.41, 5.74) is 1.11. The number of thiazole rings is 1. The first-order chi connectivity index (χ1) is 8.69. The van der Waals surface area contributed by atoms with Gasteiger partial charge in [-0.15, -0.1) is 11.3 Å². The third-order valence-corrected chi connectivity index (χ3v) is 4.00. The third-order valence-electron chi connectivity index (χ3n) is 3.18. The van der Waals surface area contributed by atoms with Crippen LogP contribution in [0, 0.1) is 12.8 Å². The Bertz CT molecular complexity index is 405. The lowest BCUT2D eigenvalue weighted by Gasteiger charge is -2.30. The van der Waals surface area contributed by atoms with E-state index in [0.29, 0.717) is 6.61 Å². The van der Waals surface area contributed by atoms with E-state index in [0.717, 1.165) is 43.2 Å². The molecule has 2 heterocycles. The normalized spacial score (nSPS) is 20.9. The maximum Gasteiger partial charge on any atom is 0.310 e. The molecule has 1 saturated heterocycles. The fraction of sp³-hybridized carbons (Fsp3) is 0.692. The van der Waals surface area contributed by atoms with E-state index in [1.807, 2.05) is 13.8 Å². The molecule has 1 fully saturated rings. The van der Waals surface area contributed by atoms with Crippen molar-refractivity contribution in [1.82, 2.24) is 9.88 Å². The molecular weight excluding hydrogens is 248 g/mol. The largest absolute Gasteiger partial charge is 0.466 e. The molecule has 1 unspecified atom stereocenters. The first-order valence-corrected chi connectivity index (χ1v) is 7.37. The van der Waals surface area contributed by atoms with E-state index in [4.69, 9.17) is 4.74 Å². The van der Waals surface area contributed by atoms with Crippen molar-refractivity contribution in [2.45, 2.75) is 33.2 Å². The van der Waals surface area contributed by atoms with Gasteiger partial charge >= 0.3 is 5.97 Å². The van der Waals surface area contributed by atoms with Crippen LogP contribution in [0.1, 0.15) is 30.5 Å². The van der Waals surface area contributed by atoms with Gasteiger partial charge in [0.25, 0.3) is 0 Å². The summed E-state index contributed by atoms with van der Waals surface area (Å²) >= 11 is 1.68. The Hall–Kier alpha value is -0.940. The van der Waals surface area contributed by atoms with Gasteiger partial charge in [0.2, 0.25) is 0 Å². The van der Waals surface area contributed by atoms with Crippen molar-refractivity contribution >= 4 is 17.3 Å². The van der Waals surface area contributed by atoms with E-state index in [-0.39, 0.29) is 11.9 Å². The number of nitrogens with zero attached hydrogens (tertiary/aromatic N) is 2. The molecule has 0 saturated carbocycles. The summed E-state index contributed by atoms with van der Waals surface area (Å²) < 4.78 is 5.10. The van der Waals surface area contributed by atoms with Gasteiger partial charge in [-0.25, -0.2) is 4.98 Å². The van der Waals surface area contributed by atoms with Crippen LogP contribution in [0.3, 0.4) is 0 Å². The van der Waals surface area contributed by atoms with Gasteiger partial charge in [-0.1, -0.05) is 0 Å². The molecule has 0 N–H and O–H groups in total. The van der Waals surface area contributed by atoms with Crippen LogP contribution in [0.25, 0.3) is 0 Å². The molecule has 2 rings (SSSR count). The standard InChI is InChI=1S/C13H20N2O2S/c1-3-17-13(16)11-5-4-6-15(7-11)8-12-9-18-10(2)14-12/h9,11H,3-8H2,1-2H3. The number of likely N-dealkylation sites (tertiary alicyclic amines) is 1. The third kappa shape index (κ3) is 3.53. The number of piperidine rings is 1. The summed E-state index contributed by atoms with van der Waals surface area (Å²) in [5.74, 6) is -0.00455. The van der Waals surface area contributed by atoms with Crippen molar-refractivity contribution in [2.75, 3.05) is 19.7 Å². The Balaban J connectivity index is 1.88. The highest BCUT2D eigenvalue weighted by Crippen LogP contribution is 2.20. The minimum atomic E-state index is -0.0448. The summed E-state index contributed by atoms with van der Waals surface area (Å²) in [6.45, 7) is 7.05. The van der Waals surface area contributed by atoms with Crippen LogP contribution in [0.2, 0.25) is 0 Å². The van der Waals surface area contributed by atoms with Crippen LogP contribution in [0.5, 0.6) is 0 Å². The number of carbonyl (C=O) groups excluding carboxylic acids is 1. The molecule has 5 heteroatoms. The molecular formula is C13H20N2O2S. The average molecular weight is 268 g/mol. The Morgan fingerprint density at radius 1 is 1.67 bits per heavy atom. The molecule has 1 aliphatic heterocycles. The van der Waals surface area contributed by atoms with Gasteiger partial charge in [0.15, 0.2) is 0 Å². The number of aromatic nitrogens is 1. The summed E-state index contributed by atoms with van der Waals surface area (Å²) in [6.07, 6.45) is 2.01. The number of carbonyl (C=O) groups is 1. The maximum absolute atomic E-state index is 11.7. The van der Waals surface area contributed by atoms with E-state index >= 15 is 0 Å². The fourth-order valence-corrected chi connectivity index (χ4v) is 2.97. The molecule has 0 radical (unpaired) electrons. The Kier molecular flexibility index (Phi) is 4.72. The molecule has 1 aromatic rings. The second-order valence-electron chi connectivity index (χ2n) is 4.68. The molecule has 1 atom stereocenters. The highest BCUT2D eigenvalue weighted by atomic mass is 32.1. The van der Waals surface area contributed by atoms with Crippen LogP contribution >= 0.6 is 11.3 Å². The summed E-state index contributed by atoms with van der Waals surface area (Å²) in [5, 5.41) is 3.20. The Morgan fingerprint density at radius 2 is 2.50 bits per heavy atom. The molecule has 0 aromatic carbocycles. The zero-order valence-corrected chi connectivity index (χ0v) is 11.8. The highest BCUT2D eigenvalue weighted by molar-refractivity contribution is 7.09. The highest BCUT2D eigenvalue weighted by Gasteiger charge is 2.26. The zero-order chi connectivity index (χ0) is 13.0. The summed E-state index contributed by atoms with van der Waals surface area (Å²) in [6, 6.07) is 0. The van der Waals surface area contributed by atoms with Gasteiger partial charge in [0.05, 0.1) is 23.2 Å². The van der Waals surface area contributed by atoms with Crippen molar-refractivity contribution in [3.05, 3.63) is 16.1 Å². The van der Waals surface area contributed by atoms with Crippen molar-refractivity contribution in [1.29, 1.82) is 0 Å². The zero-order valence-electron chi connectivity index (χ0n) is 11.0. The van der Waals surface area contributed by atoms with Crippen LogP contribution in [-0.4, -0.2) is 35.5 Å². The van der Waals surface area contributed by atoms with E-state index < -0.39 is 0 Å². The Labute approximate surface area is 112 Å². The minimum absolute atomic E-state index is 0.0402. The smallest absolute Gasteiger partial charge is 0.310 e. The predicted molar refractivity (Wildman–Crippen MR) is 71.5 cm³/mol. The van der Waals surface area contributed by atoms with Crippen molar-refractivity contribution < 1.29 is 9.53 Å². The molecule has 0 aliphatic carbocycles. The van der Waals surface area contributed by atoms with Crippen LogP contribution < -0.4 is 0 Å². The van der Waals surface area contributed by atoms with Gasteiger partial charge in [-0.2, -0.15) is 0 Å². The van der Waals surface area contributed by atoms with Gasteiger partial charge in [0.1, 0.15) is 0 Å². The predicted octanol–water partition coefficient (Wildman–Crippen LogP) is 2.23. The van der Waals surface area contributed by atoms with E-state index in [9.17, 15) is 4.79 Å². The first-order valence-electron chi connectivity index (χ1n) is 6.49. The molecule has 100 valence electrons. The number of ether oxygens (including phenoxy) is 1. The quantitative estimate of drug-likeness (QED) is 0.785. The molecule has 1 aromatic heterocycles. The topological polar surface area (TPSA) is 42.4 Å². The molecule has 0 bridgehead atoms. The van der Waals surface area contributed by atoms with Gasteiger partial charge in [-0.05, 0) is 33.2 Å². The lowest BCUT2D eigenvalue weighted by Crippen LogP contribution is -2.39. The van der Waals surface area contributed by atoms with Gasteiger partial charge in [-0.3, -0.25) is 9.69 Å². The monoisotopic (exact) mass is 268 g/mol. The van der Waals surface area contributed by atoms with Crippen molar-refractivity contribution in [3.63, 3.8) is 0 Å². The maximum atomic E-state index is 11.7. The van der Waals surface area contributed by atoms with Gasteiger partial charge < -0.3 is 4.74 Å². The summed E-state index contributed by atoms with van der Waals surface area (Å²) in [7, 11) is 0. The van der Waals surface area contributed by atoms with E-state index in [2.05, 4.69) is 15.3 Å². The first kappa shape index (κ1) is 13.5. The van der Waals surface area contributed by atoms with E-state index in [1.54, 1.807) is 11.3 Å². The lowest BCUT2D eigenvalue weighted by atomic mass is 9.98. The van der Waals surface area contributed by atoms with Crippen LogP contribution in [0.4, 0.5) is 0 Å². The molecule has 0 amide bonds. The second kappa shape index (κ2) is 6.29. The SMILES string of the molecule is CCOC(=O)C1CCCN(Cc2csc(C)n2)C1. The van der Waals surface area contributed by atoms with E-state index in [1.165, 1.54) is 0 Å². The number of hydrogen-bond acceptors (Lipinski definition) is 5. The summed E-state index contributed by atoms with van der Waals surface area (Å²) in [4.78, 5) is 18.5. The van der Waals surface area contributed by atoms with Crippen LogP contribution in [-0.2, 0) is 16.1 Å². The number of rotatable bonds is 4. The van der Waals surface area contributed by atoms with Crippen LogP contribution in [0.15, 0.2) is 5.38 Å². The molecule has 0 spiro atoms. The second-order valence-corrected chi connectivity index (χ2v) is 5.75. The Morgan fingerprint density at radius 3 is 3.17 bits per heavy atom. The molecule has 4 nitrogen and oxygen atoms in total. The number of aryl methyl sites for hydroxylation is 1. The fourth-order valence-electron chi connectivity index (χ4n) is 2.36. The lowest BCUT2D eigenvalue weighted by molar-refractivity contribution is -0.150. The van der Waals surface area contributed by atoms with Gasteiger partial charge in [0, 0.05) is 18.5 Å². The number of esters is 1. The van der Waals surface area contributed by atoms with Crippen molar-refractivity contribution in [2.24, 2.45) is 5.92 Å². The molecule has 1 aliphatic rings. The number of hydrogen-bond donors (Lipinski definition) is 0. The minimum Gasteiger partial charge on any atom is -0.466 e. The average Bonchev–Trinajstić information content (AvgIpc) is 2.75.